The van der Waals surface area contributed by atoms with Gasteiger partial charge in [0.05, 0.1) is 0 Å². The fraction of sp³-hybridized carbons (Fsp3) is 0.179. The summed E-state index contributed by atoms with van der Waals surface area (Å²) < 4.78 is 3.16. The lowest BCUT2D eigenvalue weighted by Gasteiger charge is -2.15. The van der Waals surface area contributed by atoms with E-state index in [0.717, 1.165) is 55.8 Å². The number of aromatic amines is 1. The van der Waals surface area contributed by atoms with Crippen LogP contribution in [0.5, 0.6) is 0 Å². The summed E-state index contributed by atoms with van der Waals surface area (Å²) in [6.07, 6.45) is 3.70. The molecule has 6 heteroatoms. The highest BCUT2D eigenvalue weighted by atomic mass is 16.1. The predicted octanol–water partition coefficient (Wildman–Crippen LogP) is 4.89. The van der Waals surface area contributed by atoms with Gasteiger partial charge in [-0.05, 0) is 55.7 Å². The molecule has 5 rings (SSSR count). The first-order valence-electron chi connectivity index (χ1n) is 11.2. The lowest BCUT2D eigenvalue weighted by atomic mass is 9.93. The Bertz CT molecular complexity index is 1680. The first-order chi connectivity index (χ1) is 16.2. The fourth-order valence-electron chi connectivity index (χ4n) is 4.64. The normalized spacial score (nSPS) is 11.3. The number of nitrogens with one attached hydrogen (secondary N) is 1. The Morgan fingerprint density at radius 2 is 1.44 bits per heavy atom. The molecule has 4 aromatic heterocycles. The number of H-pyrrole nitrogens is 1. The Kier molecular flexibility index (Phi) is 5.09. The molecule has 0 radical (unpaired) electrons. The van der Waals surface area contributed by atoms with Gasteiger partial charge >= 0.3 is 0 Å². The molecule has 0 bridgehead atoms. The van der Waals surface area contributed by atoms with Crippen LogP contribution in [0.2, 0.25) is 0 Å². The third-order valence-corrected chi connectivity index (χ3v) is 6.31. The number of hydrogen-bond donors (Lipinski definition) is 1. The van der Waals surface area contributed by atoms with Gasteiger partial charge < -0.3 is 14.1 Å². The summed E-state index contributed by atoms with van der Waals surface area (Å²) >= 11 is 0. The molecule has 5 aromatic rings. The molecule has 34 heavy (non-hydrogen) atoms. The smallest absolute Gasteiger partial charge is 0.274 e. The molecule has 0 amide bonds. The van der Waals surface area contributed by atoms with Crippen LogP contribution in [-0.2, 0) is 14.1 Å². The van der Waals surface area contributed by atoms with Crippen molar-refractivity contribution < 1.29 is 0 Å². The molecule has 170 valence electrons. The van der Waals surface area contributed by atoms with E-state index in [0.29, 0.717) is 5.52 Å². The summed E-state index contributed by atoms with van der Waals surface area (Å²) in [6, 6.07) is 15.8. The number of benzene rings is 1. The second-order valence-electron chi connectivity index (χ2n) is 8.93. The average molecular weight is 451 g/mol. The monoisotopic (exact) mass is 450 g/mol. The van der Waals surface area contributed by atoms with Crippen molar-refractivity contribution in [3.63, 3.8) is 0 Å². The molecule has 0 fully saturated rings. The van der Waals surface area contributed by atoms with Crippen molar-refractivity contribution in [1.82, 2.24) is 19.1 Å². The van der Waals surface area contributed by atoms with Gasteiger partial charge in [0.2, 0.25) is 0 Å². The molecule has 0 spiro atoms. The van der Waals surface area contributed by atoms with Gasteiger partial charge in [0.25, 0.3) is 11.1 Å². The molecule has 0 atom stereocenters. The van der Waals surface area contributed by atoms with Crippen LogP contribution < -0.4 is 11.1 Å². The van der Waals surface area contributed by atoms with E-state index in [1.54, 1.807) is 29.3 Å². The number of aryl methyl sites for hydroxylation is 5. The van der Waals surface area contributed by atoms with Crippen LogP contribution in [0, 0.1) is 20.8 Å². The SMILES string of the molecule is Cc1cc(-c2cc3c(-c4cc(=O)n(C)cc4-c4ccccc4C)cn(C)c(=O)c3[nH]2)cc(C)n1. The largest absolute Gasteiger partial charge is 0.350 e. The van der Waals surface area contributed by atoms with E-state index in [4.69, 9.17) is 0 Å². The molecule has 0 aliphatic heterocycles. The maximum atomic E-state index is 13.1. The molecule has 0 unspecified atom stereocenters. The second-order valence-corrected chi connectivity index (χ2v) is 8.93. The molecular formula is C28H26N4O2. The maximum absolute atomic E-state index is 13.1. The van der Waals surface area contributed by atoms with Crippen LogP contribution in [0.15, 0.2) is 70.5 Å². The van der Waals surface area contributed by atoms with Gasteiger partial charge in [0, 0.05) is 71.7 Å². The van der Waals surface area contributed by atoms with Gasteiger partial charge in [-0.3, -0.25) is 14.6 Å². The van der Waals surface area contributed by atoms with E-state index in [2.05, 4.69) is 29.0 Å². The zero-order chi connectivity index (χ0) is 24.1. The molecule has 0 aliphatic carbocycles. The van der Waals surface area contributed by atoms with Crippen LogP contribution in [0.1, 0.15) is 17.0 Å². The Morgan fingerprint density at radius 3 is 2.15 bits per heavy atom. The summed E-state index contributed by atoms with van der Waals surface area (Å²) in [7, 11) is 3.49. The average Bonchev–Trinajstić information content (AvgIpc) is 3.24. The van der Waals surface area contributed by atoms with Crippen molar-refractivity contribution in [3.8, 4) is 33.5 Å². The van der Waals surface area contributed by atoms with E-state index in [-0.39, 0.29) is 11.1 Å². The van der Waals surface area contributed by atoms with Crippen LogP contribution >= 0.6 is 0 Å². The van der Waals surface area contributed by atoms with Gasteiger partial charge in [0.15, 0.2) is 0 Å². The number of hydrogen-bond acceptors (Lipinski definition) is 3. The Hall–Kier alpha value is -4.19. The maximum Gasteiger partial charge on any atom is 0.274 e. The molecule has 0 saturated heterocycles. The number of aromatic nitrogens is 4. The summed E-state index contributed by atoms with van der Waals surface area (Å²) in [6.45, 7) is 5.97. The summed E-state index contributed by atoms with van der Waals surface area (Å²) in [4.78, 5) is 33.6. The predicted molar refractivity (Wildman–Crippen MR) is 137 cm³/mol. The highest BCUT2D eigenvalue weighted by Crippen LogP contribution is 2.37. The topological polar surface area (TPSA) is 72.7 Å². The second kappa shape index (κ2) is 7.99. The highest BCUT2D eigenvalue weighted by Gasteiger charge is 2.18. The molecule has 1 N–H and O–H groups in total. The number of fused-ring (bicyclic) bond motifs is 1. The fourth-order valence-corrected chi connectivity index (χ4v) is 4.64. The Morgan fingerprint density at radius 1 is 0.765 bits per heavy atom. The van der Waals surface area contributed by atoms with Crippen molar-refractivity contribution in [2.24, 2.45) is 14.1 Å². The van der Waals surface area contributed by atoms with E-state index < -0.39 is 0 Å². The molecule has 6 nitrogen and oxygen atoms in total. The Labute approximate surface area is 197 Å². The van der Waals surface area contributed by atoms with Crippen molar-refractivity contribution in [2.45, 2.75) is 20.8 Å². The summed E-state index contributed by atoms with van der Waals surface area (Å²) in [5.74, 6) is 0. The molecule has 0 saturated carbocycles. The first kappa shape index (κ1) is 21.6. The Balaban J connectivity index is 1.85. The summed E-state index contributed by atoms with van der Waals surface area (Å²) in [5, 5.41) is 0.785. The molecule has 0 aliphatic rings. The number of rotatable bonds is 3. The summed E-state index contributed by atoms with van der Waals surface area (Å²) in [5.41, 5.74) is 8.66. The van der Waals surface area contributed by atoms with Gasteiger partial charge in [-0.25, -0.2) is 0 Å². The minimum absolute atomic E-state index is 0.106. The van der Waals surface area contributed by atoms with E-state index in [1.165, 1.54) is 0 Å². The van der Waals surface area contributed by atoms with Crippen molar-refractivity contribution in [1.29, 1.82) is 0 Å². The first-order valence-corrected chi connectivity index (χ1v) is 11.2. The molecule has 1 aromatic carbocycles. The van der Waals surface area contributed by atoms with Crippen LogP contribution in [0.3, 0.4) is 0 Å². The van der Waals surface area contributed by atoms with Crippen molar-refractivity contribution >= 4 is 10.9 Å². The number of nitrogens with zero attached hydrogens (tertiary/aromatic N) is 3. The molecule has 4 heterocycles. The zero-order valence-corrected chi connectivity index (χ0v) is 19.9. The van der Waals surface area contributed by atoms with Gasteiger partial charge in [-0.15, -0.1) is 0 Å². The third-order valence-electron chi connectivity index (χ3n) is 6.31. The number of pyridine rings is 3. The minimum atomic E-state index is -0.117. The van der Waals surface area contributed by atoms with Crippen LogP contribution in [0.4, 0.5) is 0 Å². The van der Waals surface area contributed by atoms with Crippen molar-refractivity contribution in [2.75, 3.05) is 0 Å². The van der Waals surface area contributed by atoms with E-state index in [1.807, 2.05) is 56.6 Å². The lowest BCUT2D eigenvalue weighted by molar-refractivity contribution is 0.860. The van der Waals surface area contributed by atoms with Gasteiger partial charge in [-0.2, -0.15) is 0 Å². The van der Waals surface area contributed by atoms with Crippen molar-refractivity contribution in [3.05, 3.63) is 98.6 Å². The van der Waals surface area contributed by atoms with E-state index >= 15 is 0 Å². The highest BCUT2D eigenvalue weighted by molar-refractivity contribution is 6.01. The minimum Gasteiger partial charge on any atom is -0.350 e. The van der Waals surface area contributed by atoms with Gasteiger partial charge in [0.1, 0.15) is 5.52 Å². The van der Waals surface area contributed by atoms with Crippen LogP contribution in [-0.4, -0.2) is 19.1 Å². The molecular weight excluding hydrogens is 424 g/mol. The standard InChI is InChI=1S/C28H26N4O2/c1-16-8-6-7-9-20(16)23-14-31(4)26(33)13-21(23)24-15-32(5)28(34)27-22(24)12-25(30-27)19-10-17(2)29-18(3)11-19/h6-15,30H,1-5H3. The van der Waals surface area contributed by atoms with E-state index in [9.17, 15) is 9.59 Å². The lowest BCUT2D eigenvalue weighted by Crippen LogP contribution is -2.18. The zero-order valence-electron chi connectivity index (χ0n) is 19.9. The van der Waals surface area contributed by atoms with Crippen LogP contribution in [0.25, 0.3) is 44.4 Å². The van der Waals surface area contributed by atoms with Gasteiger partial charge in [-0.1, -0.05) is 24.3 Å². The third kappa shape index (κ3) is 3.57. The quantitative estimate of drug-likeness (QED) is 0.426.